The lowest BCUT2D eigenvalue weighted by Crippen LogP contribution is -2.74. The van der Waals surface area contributed by atoms with Gasteiger partial charge >= 0.3 is 0 Å². The number of likely N-dealkylation sites (N-methyl/N-ethyl adjacent to an activating group) is 1. The number of unbranched alkanes of at least 4 members (excludes halogenated alkanes) is 2. The molecule has 9 heteroatoms. The Hall–Kier alpha value is -3.35. The van der Waals surface area contributed by atoms with Crippen molar-refractivity contribution in [3.8, 4) is 17.6 Å². The highest BCUT2D eigenvalue weighted by Gasteiger charge is 2.69. The zero-order chi connectivity index (χ0) is 26.5. The molecule has 3 aliphatic carbocycles. The van der Waals surface area contributed by atoms with Crippen LogP contribution in [-0.4, -0.2) is 69.9 Å². The molecule has 4 rings (SSSR count). The summed E-state index contributed by atoms with van der Waals surface area (Å²) >= 11 is 0. The van der Waals surface area contributed by atoms with Gasteiger partial charge in [0.2, 0.25) is 5.91 Å². The number of primary amides is 1. The highest BCUT2D eigenvalue weighted by atomic mass is 16.3. The fraction of sp³-hybridized carbons (Fsp3) is 0.519. The molecule has 0 radical (unpaired) electrons. The van der Waals surface area contributed by atoms with Crippen LogP contribution in [0, 0.1) is 35.5 Å². The molecule has 1 amide bonds. The molecule has 2 fully saturated rings. The molecule has 0 aromatic heterocycles. The van der Waals surface area contributed by atoms with Crippen LogP contribution in [0.2, 0.25) is 0 Å². The maximum absolute atomic E-state index is 13.7. The molecular weight excluding hydrogens is 464 g/mol. The molecule has 3 aliphatic rings. The number of fused-ring (bicyclic) bond motifs is 3. The van der Waals surface area contributed by atoms with E-state index in [1.807, 2.05) is 0 Å². The molecule has 0 aliphatic heterocycles. The van der Waals surface area contributed by atoms with Crippen LogP contribution < -0.4 is 5.73 Å². The Kier molecular flexibility index (Phi) is 6.62. The maximum atomic E-state index is 13.7. The van der Waals surface area contributed by atoms with Gasteiger partial charge in [-0.1, -0.05) is 25.2 Å². The van der Waals surface area contributed by atoms with E-state index in [0.717, 1.165) is 12.8 Å². The Bertz CT molecular complexity index is 1240. The van der Waals surface area contributed by atoms with Crippen LogP contribution in [0.4, 0.5) is 0 Å². The van der Waals surface area contributed by atoms with Crippen LogP contribution in [0.15, 0.2) is 12.1 Å². The summed E-state index contributed by atoms with van der Waals surface area (Å²) in [5, 5.41) is 22.1. The van der Waals surface area contributed by atoms with Crippen molar-refractivity contribution in [3.05, 3.63) is 28.8 Å². The smallest absolute Gasteiger partial charge is 0.235 e. The first kappa shape index (κ1) is 25.7. The molecule has 2 unspecified atom stereocenters. The summed E-state index contributed by atoms with van der Waals surface area (Å²) in [6.45, 7) is 2.05. The summed E-state index contributed by atoms with van der Waals surface area (Å²) in [5.74, 6) is -4.34. The molecule has 1 aromatic carbocycles. The van der Waals surface area contributed by atoms with E-state index in [-0.39, 0.29) is 24.2 Å². The molecule has 0 spiro atoms. The van der Waals surface area contributed by atoms with Crippen molar-refractivity contribution in [2.45, 2.75) is 50.7 Å². The summed E-state index contributed by atoms with van der Waals surface area (Å²) in [6, 6.07) is 1.86. The molecule has 4 N–H and O–H groups in total. The summed E-state index contributed by atoms with van der Waals surface area (Å²) in [6.07, 6.45) is 2.81. The van der Waals surface area contributed by atoms with Crippen molar-refractivity contribution < 1.29 is 34.2 Å². The van der Waals surface area contributed by atoms with Gasteiger partial charge < -0.3 is 15.9 Å². The third kappa shape index (κ3) is 3.67. The van der Waals surface area contributed by atoms with E-state index in [2.05, 4.69) is 18.8 Å². The lowest BCUT2D eigenvalue weighted by molar-refractivity contribution is -0.181. The molecular formula is C27H30N2O7. The monoisotopic (exact) mass is 494 g/mol. The highest BCUT2D eigenvalue weighted by Crippen LogP contribution is 2.50. The third-order valence-electron chi connectivity index (χ3n) is 7.82. The van der Waals surface area contributed by atoms with Gasteiger partial charge in [0, 0.05) is 17.9 Å². The number of aromatic hydroxyl groups is 1. The zero-order valence-corrected chi connectivity index (χ0v) is 20.5. The lowest BCUT2D eigenvalue weighted by Gasteiger charge is -2.52. The van der Waals surface area contributed by atoms with Gasteiger partial charge in [0.1, 0.15) is 5.75 Å². The molecule has 6 atom stereocenters. The highest BCUT2D eigenvalue weighted by molar-refractivity contribution is 6.32. The van der Waals surface area contributed by atoms with Crippen LogP contribution in [0.1, 0.15) is 54.1 Å². The van der Waals surface area contributed by atoms with Crippen LogP contribution >= 0.6 is 0 Å². The van der Waals surface area contributed by atoms with E-state index in [1.54, 1.807) is 20.2 Å². The zero-order valence-electron chi connectivity index (χ0n) is 20.5. The number of nitrogens with two attached hydrogens (primary N) is 1. The molecule has 2 saturated carbocycles. The van der Waals surface area contributed by atoms with E-state index >= 15 is 0 Å². The summed E-state index contributed by atoms with van der Waals surface area (Å²) in [7, 11) is 3.10. The first-order valence-corrected chi connectivity index (χ1v) is 12.1. The number of carbonyl (C=O) groups is 5. The average Bonchev–Trinajstić information content (AvgIpc) is 2.80. The fourth-order valence-corrected chi connectivity index (χ4v) is 6.14. The predicted molar refractivity (Wildman–Crippen MR) is 128 cm³/mol. The van der Waals surface area contributed by atoms with Crippen molar-refractivity contribution in [2.24, 2.45) is 29.4 Å². The molecule has 36 heavy (non-hydrogen) atoms. The number of carbonyl (C=O) groups excluding carboxylic acids is 5. The molecule has 190 valence electrons. The second kappa shape index (κ2) is 9.26. The standard InChI is InChI=1S/C27H30N2O7/c1-4-5-6-7-8-13-9-10-17(30)19-15(13)11-14-12-16-21(29(2)3)23(32)20(26(28)35)25(34)27(16,36)24(33)18(14)22(19)31/h9-10,14,16,18,20-21,30,36H,4-6,11-12H2,1-3H3,(H2,28,35)/t14-,16-,18?,20?,21-,27-/m1/s1. The SMILES string of the molecule is CCCCC#Cc1ccc(O)c2c1C[C@@H]1C[C@@H]3[C@@H](N(C)C)C(=O)C(C(N)=O)C(=O)[C@]3(O)C(=O)C1C2=O. The van der Waals surface area contributed by atoms with Crippen molar-refractivity contribution >= 4 is 29.0 Å². The second-order valence-electron chi connectivity index (χ2n) is 10.2. The Labute approximate surface area is 209 Å². The topological polar surface area (TPSA) is 155 Å². The van der Waals surface area contributed by atoms with Gasteiger partial charge in [-0.15, -0.1) is 0 Å². The number of hydrogen-bond donors (Lipinski definition) is 3. The lowest BCUT2D eigenvalue weighted by atomic mass is 9.52. The van der Waals surface area contributed by atoms with E-state index in [9.17, 15) is 34.2 Å². The Balaban J connectivity index is 1.83. The fourth-order valence-electron chi connectivity index (χ4n) is 6.14. The molecule has 0 bridgehead atoms. The van der Waals surface area contributed by atoms with Crippen molar-refractivity contribution in [1.82, 2.24) is 4.90 Å². The Morgan fingerprint density at radius 2 is 1.89 bits per heavy atom. The van der Waals surface area contributed by atoms with Crippen LogP contribution in [-0.2, 0) is 25.6 Å². The number of nitrogens with zero attached hydrogens (tertiary/aromatic N) is 1. The van der Waals surface area contributed by atoms with Gasteiger partial charge in [-0.3, -0.25) is 28.9 Å². The van der Waals surface area contributed by atoms with Crippen molar-refractivity contribution in [3.63, 3.8) is 0 Å². The Morgan fingerprint density at radius 3 is 2.50 bits per heavy atom. The van der Waals surface area contributed by atoms with Crippen LogP contribution in [0.25, 0.3) is 0 Å². The van der Waals surface area contributed by atoms with E-state index in [4.69, 9.17) is 5.73 Å². The summed E-state index contributed by atoms with van der Waals surface area (Å²) in [4.78, 5) is 67.2. The number of phenols is 1. The number of ketones is 4. The summed E-state index contributed by atoms with van der Waals surface area (Å²) < 4.78 is 0. The van der Waals surface area contributed by atoms with Gasteiger partial charge in [0.15, 0.2) is 34.7 Å². The average molecular weight is 495 g/mol. The minimum absolute atomic E-state index is 0.0161. The van der Waals surface area contributed by atoms with E-state index < -0.39 is 64.4 Å². The Morgan fingerprint density at radius 1 is 1.19 bits per heavy atom. The quantitative estimate of drug-likeness (QED) is 0.309. The van der Waals surface area contributed by atoms with Gasteiger partial charge in [-0.25, -0.2) is 0 Å². The molecule has 9 nitrogen and oxygen atoms in total. The first-order valence-electron chi connectivity index (χ1n) is 12.1. The van der Waals surface area contributed by atoms with E-state index in [0.29, 0.717) is 17.5 Å². The number of rotatable bonds is 4. The number of hydrogen-bond acceptors (Lipinski definition) is 8. The number of Topliss-reactive ketones (excluding diaryl/α,β-unsaturated/α-hetero) is 4. The number of aliphatic hydroxyl groups is 1. The largest absolute Gasteiger partial charge is 0.507 e. The number of amides is 1. The number of benzene rings is 1. The minimum Gasteiger partial charge on any atom is -0.507 e. The maximum Gasteiger partial charge on any atom is 0.235 e. The molecule has 1 aromatic rings. The molecule has 0 saturated heterocycles. The van der Waals surface area contributed by atoms with Gasteiger partial charge in [-0.2, -0.15) is 0 Å². The summed E-state index contributed by atoms with van der Waals surface area (Å²) in [5.41, 5.74) is 3.66. The normalized spacial score (nSPS) is 31.3. The third-order valence-corrected chi connectivity index (χ3v) is 7.82. The van der Waals surface area contributed by atoms with Crippen molar-refractivity contribution in [2.75, 3.05) is 14.1 Å². The molecule has 0 heterocycles. The number of phenolic OH excluding ortho intramolecular Hbond substituents is 1. The predicted octanol–water partition coefficient (Wildman–Crippen LogP) is 0.409. The van der Waals surface area contributed by atoms with E-state index in [1.165, 1.54) is 11.0 Å². The first-order chi connectivity index (χ1) is 17.0. The van der Waals surface area contributed by atoms with Gasteiger partial charge in [-0.05, 0) is 57.0 Å². The van der Waals surface area contributed by atoms with Crippen LogP contribution in [0.3, 0.4) is 0 Å². The van der Waals surface area contributed by atoms with Gasteiger partial charge in [0.05, 0.1) is 17.5 Å². The second-order valence-corrected chi connectivity index (χ2v) is 10.2. The van der Waals surface area contributed by atoms with Gasteiger partial charge in [0.25, 0.3) is 0 Å². The van der Waals surface area contributed by atoms with Crippen molar-refractivity contribution in [1.29, 1.82) is 0 Å². The minimum atomic E-state index is -2.72. The van der Waals surface area contributed by atoms with Crippen LogP contribution in [0.5, 0.6) is 5.75 Å².